The molecule has 70 valence electrons. The molecule has 0 fully saturated rings. The topological polar surface area (TPSA) is 53.7 Å². The molecule has 5 heteroatoms. The predicted octanol–water partition coefficient (Wildman–Crippen LogP) is 1.46. The van der Waals surface area contributed by atoms with Gasteiger partial charge in [0.1, 0.15) is 0 Å². The third kappa shape index (κ3) is 3.45. The number of hydrogen-bond acceptors (Lipinski definition) is 4. The van der Waals surface area contributed by atoms with E-state index in [1.54, 1.807) is 0 Å². The van der Waals surface area contributed by atoms with Gasteiger partial charge < -0.3 is 0 Å². The van der Waals surface area contributed by atoms with Crippen molar-refractivity contribution in [3.63, 3.8) is 0 Å². The Balaban J connectivity index is 3.96. The Hall–Kier alpha value is 0.270. The van der Waals surface area contributed by atoms with Gasteiger partial charge in [-0.05, 0) is 0 Å². The Labute approximate surface area is 68.5 Å². The Morgan fingerprint density at radius 1 is 1.09 bits per heavy atom. The molecule has 0 saturated carbocycles. The molecule has 4 nitrogen and oxygen atoms in total. The summed E-state index contributed by atoms with van der Waals surface area (Å²) in [7, 11) is -2.47. The van der Waals surface area contributed by atoms with Crippen LogP contribution in [0.3, 0.4) is 0 Å². The standard InChI is InChI=1S/C6H18NO3P/c1-4-8-11(6-3,10-7)9-5-2/h11H,4-7H2,1-3H3. The van der Waals surface area contributed by atoms with Crippen LogP contribution in [0.2, 0.25) is 0 Å². The second-order valence-electron chi connectivity index (χ2n) is 2.02. The molecule has 0 aliphatic carbocycles. The van der Waals surface area contributed by atoms with Crippen LogP contribution in [0, 0.1) is 0 Å². The van der Waals surface area contributed by atoms with E-state index in [1.165, 1.54) is 0 Å². The summed E-state index contributed by atoms with van der Waals surface area (Å²) in [5.74, 6) is 5.10. The summed E-state index contributed by atoms with van der Waals surface area (Å²) in [5, 5.41) is 0. The van der Waals surface area contributed by atoms with Gasteiger partial charge in [-0.15, -0.1) is 0 Å². The van der Waals surface area contributed by atoms with E-state index in [-0.39, 0.29) is 0 Å². The molecule has 0 unspecified atom stereocenters. The van der Waals surface area contributed by atoms with Gasteiger partial charge in [0.2, 0.25) is 0 Å². The summed E-state index contributed by atoms with van der Waals surface area (Å²) in [6.45, 7) is 6.91. The third-order valence-corrected chi connectivity index (χ3v) is 4.02. The SMILES string of the molecule is CCO[PH](CC)(ON)OCC. The second kappa shape index (κ2) is 5.86. The van der Waals surface area contributed by atoms with Gasteiger partial charge in [0.25, 0.3) is 0 Å². The van der Waals surface area contributed by atoms with Gasteiger partial charge in [0.05, 0.1) is 0 Å². The minimum atomic E-state index is -2.47. The van der Waals surface area contributed by atoms with E-state index in [1.807, 2.05) is 20.8 Å². The van der Waals surface area contributed by atoms with E-state index >= 15 is 0 Å². The molecule has 0 aliphatic heterocycles. The Morgan fingerprint density at radius 2 is 1.55 bits per heavy atom. The van der Waals surface area contributed by atoms with Gasteiger partial charge in [0, 0.05) is 0 Å². The monoisotopic (exact) mass is 183 g/mol. The van der Waals surface area contributed by atoms with Crippen molar-refractivity contribution >= 4 is 7.94 Å². The van der Waals surface area contributed by atoms with Gasteiger partial charge >= 0.3 is 67.7 Å². The fourth-order valence-corrected chi connectivity index (χ4v) is 2.51. The van der Waals surface area contributed by atoms with Crippen LogP contribution in [-0.4, -0.2) is 19.4 Å². The normalized spacial score (nSPS) is 13.5. The zero-order valence-electron chi connectivity index (χ0n) is 7.42. The first-order valence-electron chi connectivity index (χ1n) is 3.90. The number of hydrogen-bond donors (Lipinski definition) is 1. The molecule has 0 saturated heterocycles. The van der Waals surface area contributed by atoms with Gasteiger partial charge in [-0.1, -0.05) is 0 Å². The maximum atomic E-state index is 5.34. The van der Waals surface area contributed by atoms with Crippen molar-refractivity contribution in [2.75, 3.05) is 19.4 Å². The second-order valence-corrected chi connectivity index (χ2v) is 4.91. The Bertz CT molecular complexity index is 89.8. The van der Waals surface area contributed by atoms with E-state index in [9.17, 15) is 0 Å². The summed E-state index contributed by atoms with van der Waals surface area (Å²) in [4.78, 5) is 0. The third-order valence-electron chi connectivity index (χ3n) is 1.34. The molecule has 2 N–H and O–H groups in total. The van der Waals surface area contributed by atoms with Crippen LogP contribution in [0.1, 0.15) is 20.8 Å². The molecule has 0 aromatic rings. The first-order chi connectivity index (χ1) is 5.24. The van der Waals surface area contributed by atoms with Crippen molar-refractivity contribution in [3.05, 3.63) is 0 Å². The molecular weight excluding hydrogens is 165 g/mol. The molecule has 0 heterocycles. The van der Waals surface area contributed by atoms with E-state index in [2.05, 4.69) is 0 Å². The van der Waals surface area contributed by atoms with Crippen molar-refractivity contribution in [1.82, 2.24) is 0 Å². The molecule has 0 radical (unpaired) electrons. The van der Waals surface area contributed by atoms with Gasteiger partial charge in [0.15, 0.2) is 0 Å². The van der Waals surface area contributed by atoms with Crippen molar-refractivity contribution in [1.29, 1.82) is 0 Å². The van der Waals surface area contributed by atoms with Gasteiger partial charge in [-0.3, -0.25) is 0 Å². The van der Waals surface area contributed by atoms with E-state index < -0.39 is 7.94 Å². The fourth-order valence-electron chi connectivity index (χ4n) is 0.837. The van der Waals surface area contributed by atoms with E-state index in [0.29, 0.717) is 19.4 Å². The molecule has 0 aliphatic rings. The maximum absolute atomic E-state index is 5.34. The quantitative estimate of drug-likeness (QED) is 0.500. The first-order valence-corrected chi connectivity index (χ1v) is 5.83. The van der Waals surface area contributed by atoms with Crippen molar-refractivity contribution in [3.8, 4) is 0 Å². The van der Waals surface area contributed by atoms with Crippen LogP contribution in [0.5, 0.6) is 0 Å². The predicted molar refractivity (Wildman–Crippen MR) is 47.4 cm³/mol. The summed E-state index contributed by atoms with van der Waals surface area (Å²) >= 11 is 0. The van der Waals surface area contributed by atoms with Gasteiger partial charge in [-0.2, -0.15) is 0 Å². The number of nitrogens with two attached hydrogens (primary N) is 1. The fraction of sp³-hybridized carbons (Fsp3) is 1.00. The molecular formula is C6H18NO3P. The Kier molecular flexibility index (Phi) is 6.01. The average molecular weight is 183 g/mol. The first kappa shape index (κ1) is 11.3. The summed E-state index contributed by atoms with van der Waals surface area (Å²) in [5.41, 5.74) is 0. The van der Waals surface area contributed by atoms with Crippen molar-refractivity contribution < 1.29 is 13.7 Å². The van der Waals surface area contributed by atoms with Gasteiger partial charge in [-0.25, -0.2) is 0 Å². The van der Waals surface area contributed by atoms with Crippen molar-refractivity contribution in [2.45, 2.75) is 20.8 Å². The molecule has 0 aromatic carbocycles. The van der Waals surface area contributed by atoms with Crippen LogP contribution < -0.4 is 5.90 Å². The molecule has 0 spiro atoms. The van der Waals surface area contributed by atoms with E-state index in [4.69, 9.17) is 19.6 Å². The molecule has 0 aromatic heterocycles. The molecule has 11 heavy (non-hydrogen) atoms. The minimum absolute atomic E-state index is 0.581. The summed E-state index contributed by atoms with van der Waals surface area (Å²) < 4.78 is 15.4. The molecule has 0 bridgehead atoms. The Morgan fingerprint density at radius 3 is 1.73 bits per heavy atom. The van der Waals surface area contributed by atoms with Crippen molar-refractivity contribution in [2.24, 2.45) is 5.90 Å². The van der Waals surface area contributed by atoms with Crippen LogP contribution in [0.25, 0.3) is 0 Å². The summed E-state index contributed by atoms with van der Waals surface area (Å²) in [6, 6.07) is 0. The van der Waals surface area contributed by atoms with Crippen LogP contribution in [0.15, 0.2) is 0 Å². The molecule has 0 amide bonds. The summed E-state index contributed by atoms with van der Waals surface area (Å²) in [6.07, 6.45) is 0.713. The number of rotatable bonds is 6. The van der Waals surface area contributed by atoms with E-state index in [0.717, 1.165) is 0 Å². The molecule has 0 rings (SSSR count). The zero-order chi connectivity index (χ0) is 8.74. The average Bonchev–Trinajstić information content (AvgIpc) is 2.04. The zero-order valence-corrected chi connectivity index (χ0v) is 8.42. The molecule has 0 atom stereocenters. The van der Waals surface area contributed by atoms with Crippen LogP contribution in [-0.2, 0) is 13.7 Å². The van der Waals surface area contributed by atoms with Crippen LogP contribution in [0.4, 0.5) is 0 Å². The van der Waals surface area contributed by atoms with Crippen LogP contribution >= 0.6 is 7.94 Å².